The van der Waals surface area contributed by atoms with Crippen LogP contribution in [0.4, 0.5) is 0 Å². The Morgan fingerprint density at radius 2 is 1.47 bits per heavy atom. The van der Waals surface area contributed by atoms with Crippen molar-refractivity contribution in [2.24, 2.45) is 0 Å². The van der Waals surface area contributed by atoms with Gasteiger partial charge < -0.3 is 9.47 Å². The standard InChI is InChI=1S/C15H16O2/c1-16-14-11-7-6-10-13(14)15(17-2)12-8-4-3-5-9-12/h3-11,15H,1-2H3. The second-order valence-corrected chi connectivity index (χ2v) is 3.77. The van der Waals surface area contributed by atoms with Crippen LogP contribution in [0.3, 0.4) is 0 Å². The zero-order valence-electron chi connectivity index (χ0n) is 10.1. The molecule has 0 bridgehead atoms. The van der Waals surface area contributed by atoms with Gasteiger partial charge in [-0.05, 0) is 11.6 Å². The summed E-state index contributed by atoms with van der Waals surface area (Å²) in [4.78, 5) is 0. The Labute approximate surface area is 102 Å². The monoisotopic (exact) mass is 228 g/mol. The molecule has 17 heavy (non-hydrogen) atoms. The van der Waals surface area contributed by atoms with Crippen molar-refractivity contribution < 1.29 is 9.47 Å². The molecule has 1 atom stereocenters. The molecule has 2 rings (SSSR count). The molecule has 0 saturated carbocycles. The van der Waals surface area contributed by atoms with Crippen molar-refractivity contribution in [3.05, 3.63) is 65.7 Å². The van der Waals surface area contributed by atoms with Gasteiger partial charge in [0, 0.05) is 12.7 Å². The highest BCUT2D eigenvalue weighted by atomic mass is 16.5. The maximum Gasteiger partial charge on any atom is 0.125 e. The van der Waals surface area contributed by atoms with Gasteiger partial charge in [-0.25, -0.2) is 0 Å². The molecule has 88 valence electrons. The average molecular weight is 228 g/mol. The van der Waals surface area contributed by atoms with Crippen LogP contribution < -0.4 is 4.74 Å². The Bertz CT molecular complexity index is 465. The van der Waals surface area contributed by atoms with E-state index in [1.165, 1.54) is 0 Å². The van der Waals surface area contributed by atoms with Gasteiger partial charge in [-0.2, -0.15) is 0 Å². The molecule has 0 fully saturated rings. The van der Waals surface area contributed by atoms with Crippen molar-refractivity contribution in [3.8, 4) is 5.75 Å². The van der Waals surface area contributed by atoms with Crippen LogP contribution in [0.2, 0.25) is 0 Å². The second-order valence-electron chi connectivity index (χ2n) is 3.77. The highest BCUT2D eigenvalue weighted by Gasteiger charge is 2.16. The van der Waals surface area contributed by atoms with Crippen LogP contribution >= 0.6 is 0 Å². The Hall–Kier alpha value is -1.80. The summed E-state index contributed by atoms with van der Waals surface area (Å²) in [6, 6.07) is 18.1. The quantitative estimate of drug-likeness (QED) is 0.798. The van der Waals surface area contributed by atoms with E-state index in [0.29, 0.717) is 0 Å². The van der Waals surface area contributed by atoms with Crippen LogP contribution in [0.25, 0.3) is 0 Å². The first-order valence-electron chi connectivity index (χ1n) is 5.57. The van der Waals surface area contributed by atoms with E-state index in [1.54, 1.807) is 14.2 Å². The zero-order valence-corrected chi connectivity index (χ0v) is 10.1. The summed E-state index contributed by atoms with van der Waals surface area (Å²) >= 11 is 0. The van der Waals surface area contributed by atoms with Gasteiger partial charge in [0.2, 0.25) is 0 Å². The van der Waals surface area contributed by atoms with Crippen molar-refractivity contribution >= 4 is 0 Å². The molecule has 2 heteroatoms. The molecule has 0 aliphatic carbocycles. The molecule has 0 aliphatic heterocycles. The summed E-state index contributed by atoms with van der Waals surface area (Å²) in [7, 11) is 3.39. The molecule has 2 aromatic carbocycles. The largest absolute Gasteiger partial charge is 0.496 e. The third-order valence-electron chi connectivity index (χ3n) is 2.76. The van der Waals surface area contributed by atoms with Gasteiger partial charge in [-0.15, -0.1) is 0 Å². The molecule has 0 heterocycles. The molecule has 0 radical (unpaired) electrons. The van der Waals surface area contributed by atoms with Gasteiger partial charge in [0.25, 0.3) is 0 Å². The van der Waals surface area contributed by atoms with Gasteiger partial charge in [-0.1, -0.05) is 48.5 Å². The molecule has 2 aromatic rings. The van der Waals surface area contributed by atoms with Gasteiger partial charge in [-0.3, -0.25) is 0 Å². The minimum absolute atomic E-state index is 0.0904. The number of benzene rings is 2. The number of para-hydroxylation sites is 1. The molecule has 0 amide bonds. The zero-order chi connectivity index (χ0) is 12.1. The maximum atomic E-state index is 5.58. The Morgan fingerprint density at radius 3 is 2.12 bits per heavy atom. The van der Waals surface area contributed by atoms with Crippen LogP contribution in [-0.2, 0) is 4.74 Å². The summed E-state index contributed by atoms with van der Waals surface area (Å²) < 4.78 is 11.0. The van der Waals surface area contributed by atoms with E-state index in [9.17, 15) is 0 Å². The first-order valence-corrected chi connectivity index (χ1v) is 5.57. The summed E-state index contributed by atoms with van der Waals surface area (Å²) in [5.74, 6) is 0.850. The van der Waals surface area contributed by atoms with Gasteiger partial charge >= 0.3 is 0 Å². The second kappa shape index (κ2) is 5.51. The fourth-order valence-electron chi connectivity index (χ4n) is 1.95. The van der Waals surface area contributed by atoms with Crippen LogP contribution in [0, 0.1) is 0 Å². The predicted octanol–water partition coefficient (Wildman–Crippen LogP) is 3.43. The highest BCUT2D eigenvalue weighted by Crippen LogP contribution is 2.31. The lowest BCUT2D eigenvalue weighted by molar-refractivity contribution is 0.133. The maximum absolute atomic E-state index is 5.58. The Morgan fingerprint density at radius 1 is 0.824 bits per heavy atom. The van der Waals surface area contributed by atoms with E-state index in [1.807, 2.05) is 42.5 Å². The first kappa shape index (κ1) is 11.7. The average Bonchev–Trinajstić information content (AvgIpc) is 2.41. The number of methoxy groups -OCH3 is 2. The minimum atomic E-state index is -0.0904. The molecule has 0 saturated heterocycles. The normalized spacial score (nSPS) is 12.1. The molecule has 2 nitrogen and oxygen atoms in total. The van der Waals surface area contributed by atoms with Crippen LogP contribution in [0.1, 0.15) is 17.2 Å². The van der Waals surface area contributed by atoms with E-state index in [-0.39, 0.29) is 6.10 Å². The molecular formula is C15H16O2. The van der Waals surface area contributed by atoms with Gasteiger partial charge in [0.15, 0.2) is 0 Å². The molecule has 0 N–H and O–H groups in total. The number of hydrogen-bond acceptors (Lipinski definition) is 2. The third kappa shape index (κ3) is 2.48. The van der Waals surface area contributed by atoms with Crippen molar-refractivity contribution in [2.75, 3.05) is 14.2 Å². The van der Waals surface area contributed by atoms with E-state index in [4.69, 9.17) is 9.47 Å². The van der Waals surface area contributed by atoms with Crippen molar-refractivity contribution in [1.29, 1.82) is 0 Å². The Kier molecular flexibility index (Phi) is 3.78. The van der Waals surface area contributed by atoms with Crippen LogP contribution in [-0.4, -0.2) is 14.2 Å². The van der Waals surface area contributed by atoms with Gasteiger partial charge in [0.1, 0.15) is 11.9 Å². The summed E-state index contributed by atoms with van der Waals surface area (Å²) in [6.07, 6.45) is -0.0904. The van der Waals surface area contributed by atoms with E-state index in [0.717, 1.165) is 16.9 Å². The number of ether oxygens (including phenoxy) is 2. The third-order valence-corrected chi connectivity index (χ3v) is 2.76. The fourth-order valence-corrected chi connectivity index (χ4v) is 1.95. The summed E-state index contributed by atoms with van der Waals surface area (Å²) in [5, 5.41) is 0. The SMILES string of the molecule is COc1ccccc1C(OC)c1ccccc1. The van der Waals surface area contributed by atoms with Crippen LogP contribution in [0.15, 0.2) is 54.6 Å². The molecule has 0 aliphatic rings. The van der Waals surface area contributed by atoms with Crippen molar-refractivity contribution in [1.82, 2.24) is 0 Å². The smallest absolute Gasteiger partial charge is 0.125 e. The summed E-state index contributed by atoms with van der Waals surface area (Å²) in [5.41, 5.74) is 2.17. The van der Waals surface area contributed by atoms with Crippen LogP contribution in [0.5, 0.6) is 5.75 Å². The molecular weight excluding hydrogens is 212 g/mol. The molecule has 1 unspecified atom stereocenters. The number of hydrogen-bond donors (Lipinski definition) is 0. The first-order chi connectivity index (χ1) is 8.36. The highest BCUT2D eigenvalue weighted by molar-refractivity contribution is 5.40. The van der Waals surface area contributed by atoms with E-state index >= 15 is 0 Å². The lowest BCUT2D eigenvalue weighted by atomic mass is 10.0. The minimum Gasteiger partial charge on any atom is -0.496 e. The van der Waals surface area contributed by atoms with Gasteiger partial charge in [0.05, 0.1) is 7.11 Å². The summed E-state index contributed by atoms with van der Waals surface area (Å²) in [6.45, 7) is 0. The van der Waals surface area contributed by atoms with E-state index in [2.05, 4.69) is 12.1 Å². The van der Waals surface area contributed by atoms with Crippen molar-refractivity contribution in [3.63, 3.8) is 0 Å². The fraction of sp³-hybridized carbons (Fsp3) is 0.200. The van der Waals surface area contributed by atoms with Crippen molar-refractivity contribution in [2.45, 2.75) is 6.10 Å². The lowest BCUT2D eigenvalue weighted by Crippen LogP contribution is -2.05. The molecule has 0 aromatic heterocycles. The number of rotatable bonds is 4. The van der Waals surface area contributed by atoms with E-state index < -0.39 is 0 Å². The lowest BCUT2D eigenvalue weighted by Gasteiger charge is -2.18. The Balaban J connectivity index is 2.42. The topological polar surface area (TPSA) is 18.5 Å². The predicted molar refractivity (Wildman–Crippen MR) is 68.3 cm³/mol. The molecule has 0 spiro atoms.